The number of nitrogens with one attached hydrogen (secondary N) is 1. The van der Waals surface area contributed by atoms with Crippen LogP contribution in [0.25, 0.3) is 4.91 Å². The number of hydrogen-bond acceptors (Lipinski definition) is 5. The first kappa shape index (κ1) is 15.6. The molecule has 2 aromatic rings. The molecule has 0 aliphatic carbocycles. The van der Waals surface area contributed by atoms with Gasteiger partial charge in [0.2, 0.25) is 0 Å². The maximum atomic E-state index is 12.8. The Kier molecular flexibility index (Phi) is 3.59. The fourth-order valence-electron chi connectivity index (χ4n) is 3.71. The van der Waals surface area contributed by atoms with E-state index in [2.05, 4.69) is 20.3 Å². The van der Waals surface area contributed by atoms with E-state index in [1.54, 1.807) is 12.4 Å². The number of allylic oxidation sites excluding steroid dienone is 2. The van der Waals surface area contributed by atoms with Gasteiger partial charge >= 0.3 is 0 Å². The van der Waals surface area contributed by atoms with Crippen LogP contribution in [0.15, 0.2) is 52.8 Å². The summed E-state index contributed by atoms with van der Waals surface area (Å²) in [5.41, 5.74) is 3.89. The number of aromatic amines is 1. The molecule has 0 saturated heterocycles. The Balaban J connectivity index is 1.67. The number of rotatable bonds is 3. The first-order valence-electron chi connectivity index (χ1n) is 8.62. The second kappa shape index (κ2) is 5.98. The van der Waals surface area contributed by atoms with Crippen molar-refractivity contribution in [1.29, 1.82) is 0 Å². The highest BCUT2D eigenvalue weighted by Gasteiger charge is 2.44. The van der Waals surface area contributed by atoms with Gasteiger partial charge in [-0.1, -0.05) is 0 Å². The van der Waals surface area contributed by atoms with Gasteiger partial charge in [0.25, 0.3) is 5.91 Å². The second-order valence-electron chi connectivity index (χ2n) is 6.48. The van der Waals surface area contributed by atoms with E-state index >= 15 is 0 Å². The average molecular weight is 367 g/mol. The summed E-state index contributed by atoms with van der Waals surface area (Å²) in [5, 5.41) is 10.9. The van der Waals surface area contributed by atoms with E-state index in [1.807, 2.05) is 30.1 Å². The lowest BCUT2D eigenvalue weighted by molar-refractivity contribution is -0.116. The Morgan fingerprint density at radius 1 is 1.46 bits per heavy atom. The number of ether oxygens (including phenoxy) is 1. The molecule has 3 aliphatic heterocycles. The van der Waals surface area contributed by atoms with Gasteiger partial charge in [0.1, 0.15) is 11.0 Å². The highest BCUT2D eigenvalue weighted by molar-refractivity contribution is 8.10. The zero-order chi connectivity index (χ0) is 17.7. The van der Waals surface area contributed by atoms with E-state index in [-0.39, 0.29) is 17.2 Å². The molecule has 1 amide bonds. The van der Waals surface area contributed by atoms with Crippen molar-refractivity contribution in [2.75, 3.05) is 6.61 Å². The maximum Gasteiger partial charge on any atom is 0.264 e. The standard InChI is InChI=1S/C18H17N5O2S/c1-10(23-6-3-5-21-23)14-12-4-2-7-25-15-13(12)17(18(24)22-14)26-16(15)11-8-19-20-9-11/h3,5-6,8-10,17H,2,4,7H2,1H3,(H,19,20)/t10-,17?/m0/s1. The molecule has 5 heterocycles. The summed E-state index contributed by atoms with van der Waals surface area (Å²) in [7, 11) is 0. The number of carbonyl (C=O) groups is 1. The maximum absolute atomic E-state index is 12.8. The molecule has 0 saturated carbocycles. The Hall–Kier alpha value is -2.61. The van der Waals surface area contributed by atoms with Crippen LogP contribution < -0.4 is 0 Å². The number of H-pyrrole nitrogens is 1. The minimum absolute atomic E-state index is 0.0975. The molecule has 0 radical (unpaired) electrons. The molecule has 7 nitrogen and oxygen atoms in total. The highest BCUT2D eigenvalue weighted by Crippen LogP contribution is 2.52. The Morgan fingerprint density at radius 2 is 2.38 bits per heavy atom. The topological polar surface area (TPSA) is 85.2 Å². The summed E-state index contributed by atoms with van der Waals surface area (Å²) in [4.78, 5) is 18.3. The molecule has 0 aromatic carbocycles. The van der Waals surface area contributed by atoms with E-state index in [0.29, 0.717) is 6.61 Å². The number of amides is 1. The minimum Gasteiger partial charge on any atom is -0.492 e. The Labute approximate surface area is 154 Å². The van der Waals surface area contributed by atoms with Crippen LogP contribution in [0.5, 0.6) is 0 Å². The quantitative estimate of drug-likeness (QED) is 0.902. The smallest absolute Gasteiger partial charge is 0.264 e. The van der Waals surface area contributed by atoms with Crippen LogP contribution in [-0.2, 0) is 9.53 Å². The third-order valence-electron chi connectivity index (χ3n) is 4.93. The van der Waals surface area contributed by atoms with Gasteiger partial charge in [-0.05, 0) is 31.4 Å². The predicted molar refractivity (Wildman–Crippen MR) is 98.5 cm³/mol. The number of thioether (sulfide) groups is 1. The number of nitrogens with zero attached hydrogens (tertiary/aromatic N) is 4. The first-order chi connectivity index (χ1) is 12.7. The van der Waals surface area contributed by atoms with E-state index in [1.165, 1.54) is 11.8 Å². The van der Waals surface area contributed by atoms with E-state index in [9.17, 15) is 4.79 Å². The zero-order valence-electron chi connectivity index (χ0n) is 14.2. The summed E-state index contributed by atoms with van der Waals surface area (Å²) in [6, 6.07) is 1.78. The third-order valence-corrected chi connectivity index (χ3v) is 6.26. The Bertz CT molecular complexity index is 956. The molecule has 132 valence electrons. The molecule has 2 atom stereocenters. The van der Waals surface area contributed by atoms with Gasteiger partial charge in [0, 0.05) is 29.7 Å². The molecule has 0 spiro atoms. The highest BCUT2D eigenvalue weighted by atomic mass is 32.2. The molecule has 26 heavy (non-hydrogen) atoms. The van der Waals surface area contributed by atoms with E-state index in [0.717, 1.165) is 45.9 Å². The molecule has 1 unspecified atom stereocenters. The van der Waals surface area contributed by atoms with Crippen LogP contribution >= 0.6 is 11.8 Å². The molecular weight excluding hydrogens is 350 g/mol. The van der Waals surface area contributed by atoms with Crippen molar-refractivity contribution in [3.63, 3.8) is 0 Å². The van der Waals surface area contributed by atoms with Crippen LogP contribution in [0.3, 0.4) is 0 Å². The number of dihydropyridines is 1. The number of hydrogen-bond donors (Lipinski definition) is 1. The fraction of sp³-hybridized carbons (Fsp3) is 0.333. The summed E-state index contributed by atoms with van der Waals surface area (Å²) in [6.07, 6.45) is 8.99. The number of carbonyl (C=O) groups excluding carboxylic acids is 1. The average Bonchev–Trinajstić information content (AvgIpc) is 3.37. The monoisotopic (exact) mass is 367 g/mol. The predicted octanol–water partition coefficient (Wildman–Crippen LogP) is 2.74. The van der Waals surface area contributed by atoms with Crippen molar-refractivity contribution < 1.29 is 9.53 Å². The summed E-state index contributed by atoms with van der Waals surface area (Å²) < 4.78 is 7.94. The van der Waals surface area contributed by atoms with Crippen molar-refractivity contribution >= 4 is 28.3 Å². The van der Waals surface area contributed by atoms with Crippen LogP contribution in [0.2, 0.25) is 0 Å². The summed E-state index contributed by atoms with van der Waals surface area (Å²) in [6.45, 7) is 2.66. The van der Waals surface area contributed by atoms with Crippen molar-refractivity contribution in [1.82, 2.24) is 20.0 Å². The lowest BCUT2D eigenvalue weighted by Crippen LogP contribution is -2.30. The van der Waals surface area contributed by atoms with Crippen LogP contribution in [0, 0.1) is 0 Å². The van der Waals surface area contributed by atoms with Gasteiger partial charge in [-0.2, -0.15) is 10.2 Å². The SMILES string of the molecule is C[C@@H](C1=NC(=O)C2SC(c3cn[nH]c3)=C3OCCCC1=C32)n1cccn1. The molecule has 1 N–H and O–H groups in total. The Morgan fingerprint density at radius 3 is 3.15 bits per heavy atom. The first-order valence-corrected chi connectivity index (χ1v) is 9.50. The van der Waals surface area contributed by atoms with E-state index < -0.39 is 0 Å². The van der Waals surface area contributed by atoms with Gasteiger partial charge < -0.3 is 4.74 Å². The van der Waals surface area contributed by atoms with Crippen molar-refractivity contribution in [3.8, 4) is 0 Å². The number of aliphatic imine (C=N–C) groups is 1. The molecule has 5 rings (SSSR count). The van der Waals surface area contributed by atoms with Crippen molar-refractivity contribution in [3.05, 3.63) is 53.3 Å². The molecule has 0 fully saturated rings. The van der Waals surface area contributed by atoms with Gasteiger partial charge in [0.15, 0.2) is 0 Å². The van der Waals surface area contributed by atoms with Crippen LogP contribution in [0.4, 0.5) is 0 Å². The van der Waals surface area contributed by atoms with Crippen LogP contribution in [-0.4, -0.2) is 43.5 Å². The largest absolute Gasteiger partial charge is 0.492 e. The van der Waals surface area contributed by atoms with Gasteiger partial charge in [-0.25, -0.2) is 4.99 Å². The third kappa shape index (κ3) is 2.28. The lowest BCUT2D eigenvalue weighted by Gasteiger charge is -2.25. The minimum atomic E-state index is -0.323. The van der Waals surface area contributed by atoms with Gasteiger partial charge in [-0.15, -0.1) is 11.8 Å². The zero-order valence-corrected chi connectivity index (χ0v) is 15.0. The van der Waals surface area contributed by atoms with Gasteiger partial charge in [0.05, 0.1) is 29.5 Å². The molecule has 0 bridgehead atoms. The van der Waals surface area contributed by atoms with Crippen molar-refractivity contribution in [2.24, 2.45) is 4.99 Å². The normalized spacial score (nSPS) is 23.5. The van der Waals surface area contributed by atoms with Crippen molar-refractivity contribution in [2.45, 2.75) is 31.1 Å². The van der Waals surface area contributed by atoms with Gasteiger partial charge in [-0.3, -0.25) is 14.6 Å². The summed E-state index contributed by atoms with van der Waals surface area (Å²) >= 11 is 1.52. The second-order valence-corrected chi connectivity index (χ2v) is 7.60. The molecular formula is C18H17N5O2S. The fourth-order valence-corrected chi connectivity index (χ4v) is 4.99. The summed E-state index contributed by atoms with van der Waals surface area (Å²) in [5.74, 6) is 0.701. The van der Waals surface area contributed by atoms with E-state index in [4.69, 9.17) is 4.74 Å². The lowest BCUT2D eigenvalue weighted by atomic mass is 9.89. The molecule has 8 heteroatoms. The molecule has 2 aromatic heterocycles. The van der Waals surface area contributed by atoms with Crippen LogP contribution in [0.1, 0.15) is 31.4 Å². The number of aromatic nitrogens is 4. The molecule has 3 aliphatic rings.